The SMILES string of the molecule is CC(C)(C)OC(=O)C=Cc1cccc(-c2ccc(Cl)cc2Cl)c1-c1ncc[nH]1. The molecule has 0 fully saturated rings. The van der Waals surface area contributed by atoms with E-state index in [2.05, 4.69) is 9.97 Å². The van der Waals surface area contributed by atoms with Crippen LogP contribution in [0.1, 0.15) is 26.3 Å². The standard InChI is InChI=1S/C22H20Cl2N2O2/c1-22(2,3)28-19(27)10-7-14-5-4-6-17(20(14)21-25-11-12-26-21)16-9-8-15(23)13-18(16)24/h4-13H,1-3H3,(H,25,26). The Bertz CT molecular complexity index is 1020. The van der Waals surface area contributed by atoms with Crippen LogP contribution >= 0.6 is 23.2 Å². The largest absolute Gasteiger partial charge is 0.457 e. The molecule has 2 aromatic carbocycles. The number of aromatic amines is 1. The second kappa shape index (κ2) is 8.21. The van der Waals surface area contributed by atoms with Crippen molar-refractivity contribution in [2.45, 2.75) is 26.4 Å². The first-order valence-electron chi connectivity index (χ1n) is 8.74. The van der Waals surface area contributed by atoms with Crippen molar-refractivity contribution in [3.05, 3.63) is 70.5 Å². The molecular formula is C22H20Cl2N2O2. The highest BCUT2D eigenvalue weighted by atomic mass is 35.5. The number of rotatable bonds is 4. The van der Waals surface area contributed by atoms with E-state index in [4.69, 9.17) is 27.9 Å². The highest BCUT2D eigenvalue weighted by Gasteiger charge is 2.17. The van der Waals surface area contributed by atoms with Crippen molar-refractivity contribution >= 4 is 35.2 Å². The van der Waals surface area contributed by atoms with E-state index in [0.717, 1.165) is 22.3 Å². The number of imidazole rings is 1. The van der Waals surface area contributed by atoms with Crippen LogP contribution in [0.15, 0.2) is 54.9 Å². The topological polar surface area (TPSA) is 55.0 Å². The lowest BCUT2D eigenvalue weighted by atomic mass is 9.94. The van der Waals surface area contributed by atoms with Gasteiger partial charge in [0.2, 0.25) is 0 Å². The van der Waals surface area contributed by atoms with Crippen molar-refractivity contribution in [3.63, 3.8) is 0 Å². The van der Waals surface area contributed by atoms with Gasteiger partial charge in [-0.2, -0.15) is 0 Å². The van der Waals surface area contributed by atoms with Gasteiger partial charge in [-0.05, 0) is 50.1 Å². The average molecular weight is 415 g/mol. The number of carbonyl (C=O) groups is 1. The van der Waals surface area contributed by atoms with Crippen LogP contribution in [0.25, 0.3) is 28.6 Å². The molecule has 0 aliphatic carbocycles. The summed E-state index contributed by atoms with van der Waals surface area (Å²) < 4.78 is 5.35. The fraction of sp³-hybridized carbons (Fsp3) is 0.182. The summed E-state index contributed by atoms with van der Waals surface area (Å²) in [5.74, 6) is 0.262. The van der Waals surface area contributed by atoms with Crippen LogP contribution in [-0.2, 0) is 9.53 Å². The van der Waals surface area contributed by atoms with Gasteiger partial charge in [0.05, 0.1) is 0 Å². The van der Waals surface area contributed by atoms with Crippen molar-refractivity contribution < 1.29 is 9.53 Å². The number of hydrogen-bond donors (Lipinski definition) is 1. The normalized spacial score (nSPS) is 11.8. The minimum absolute atomic E-state index is 0.409. The molecule has 3 rings (SSSR count). The Morgan fingerprint density at radius 3 is 2.57 bits per heavy atom. The average Bonchev–Trinajstić information content (AvgIpc) is 3.12. The molecular weight excluding hydrogens is 395 g/mol. The van der Waals surface area contributed by atoms with Crippen LogP contribution in [0.4, 0.5) is 0 Å². The van der Waals surface area contributed by atoms with Gasteiger partial charge in [0.15, 0.2) is 0 Å². The van der Waals surface area contributed by atoms with Crippen molar-refractivity contribution in [2.24, 2.45) is 0 Å². The van der Waals surface area contributed by atoms with Crippen LogP contribution in [0.2, 0.25) is 10.0 Å². The van der Waals surface area contributed by atoms with Gasteiger partial charge in [-0.3, -0.25) is 0 Å². The lowest BCUT2D eigenvalue weighted by molar-refractivity contribution is -0.148. The van der Waals surface area contributed by atoms with E-state index in [1.807, 2.05) is 45.0 Å². The lowest BCUT2D eigenvalue weighted by Crippen LogP contribution is -2.22. The molecule has 0 amide bonds. The lowest BCUT2D eigenvalue weighted by Gasteiger charge is -2.18. The third kappa shape index (κ3) is 4.83. The predicted octanol–water partition coefficient (Wildman–Crippen LogP) is 6.41. The summed E-state index contributed by atoms with van der Waals surface area (Å²) in [4.78, 5) is 19.6. The van der Waals surface area contributed by atoms with Crippen LogP contribution in [0.3, 0.4) is 0 Å². The molecule has 0 radical (unpaired) electrons. The number of halogens is 2. The molecule has 3 aromatic rings. The zero-order valence-corrected chi connectivity index (χ0v) is 17.3. The first-order chi connectivity index (χ1) is 13.2. The summed E-state index contributed by atoms with van der Waals surface area (Å²) in [6.45, 7) is 5.49. The molecule has 0 spiro atoms. The highest BCUT2D eigenvalue weighted by Crippen LogP contribution is 2.38. The van der Waals surface area contributed by atoms with Crippen LogP contribution in [0.5, 0.6) is 0 Å². The van der Waals surface area contributed by atoms with Crippen molar-refractivity contribution in [1.82, 2.24) is 9.97 Å². The Kier molecular flexibility index (Phi) is 5.92. The number of nitrogens with one attached hydrogen (secondary N) is 1. The van der Waals surface area contributed by atoms with E-state index in [1.165, 1.54) is 6.08 Å². The molecule has 0 aliphatic rings. The van der Waals surface area contributed by atoms with Gasteiger partial charge in [0.25, 0.3) is 0 Å². The predicted molar refractivity (Wildman–Crippen MR) is 114 cm³/mol. The third-order valence-electron chi connectivity index (χ3n) is 3.86. The molecule has 0 saturated heterocycles. The van der Waals surface area contributed by atoms with E-state index >= 15 is 0 Å². The number of benzene rings is 2. The number of nitrogens with zero attached hydrogens (tertiary/aromatic N) is 1. The Balaban J connectivity index is 2.10. The highest BCUT2D eigenvalue weighted by molar-refractivity contribution is 6.36. The Morgan fingerprint density at radius 2 is 1.93 bits per heavy atom. The number of esters is 1. The number of hydrogen-bond acceptors (Lipinski definition) is 3. The van der Waals surface area contributed by atoms with Gasteiger partial charge in [-0.1, -0.05) is 47.5 Å². The van der Waals surface area contributed by atoms with Gasteiger partial charge in [0.1, 0.15) is 11.4 Å². The molecule has 144 valence electrons. The smallest absolute Gasteiger partial charge is 0.331 e. The van der Waals surface area contributed by atoms with Gasteiger partial charge in [-0.25, -0.2) is 9.78 Å². The van der Waals surface area contributed by atoms with Gasteiger partial charge < -0.3 is 9.72 Å². The monoisotopic (exact) mass is 414 g/mol. The zero-order valence-electron chi connectivity index (χ0n) is 15.8. The molecule has 4 nitrogen and oxygen atoms in total. The molecule has 0 saturated carbocycles. The van der Waals surface area contributed by atoms with E-state index in [9.17, 15) is 4.79 Å². The molecule has 1 N–H and O–H groups in total. The summed E-state index contributed by atoms with van der Waals surface area (Å²) >= 11 is 12.5. The summed E-state index contributed by atoms with van der Waals surface area (Å²) in [7, 11) is 0. The fourth-order valence-electron chi connectivity index (χ4n) is 2.80. The van der Waals surface area contributed by atoms with E-state index in [-0.39, 0.29) is 0 Å². The summed E-state index contributed by atoms with van der Waals surface area (Å²) in [5, 5.41) is 1.10. The van der Waals surface area contributed by atoms with Gasteiger partial charge in [-0.15, -0.1) is 0 Å². The molecule has 0 bridgehead atoms. The summed E-state index contributed by atoms with van der Waals surface area (Å²) in [5.41, 5.74) is 2.79. The van der Waals surface area contributed by atoms with E-state index in [1.54, 1.807) is 30.6 Å². The molecule has 28 heavy (non-hydrogen) atoms. The van der Waals surface area contributed by atoms with Crippen molar-refractivity contribution in [2.75, 3.05) is 0 Å². The van der Waals surface area contributed by atoms with Crippen molar-refractivity contribution in [1.29, 1.82) is 0 Å². The number of carbonyl (C=O) groups excluding carboxylic acids is 1. The molecule has 1 heterocycles. The van der Waals surface area contributed by atoms with E-state index < -0.39 is 11.6 Å². The minimum Gasteiger partial charge on any atom is -0.457 e. The maximum absolute atomic E-state index is 12.1. The number of ether oxygens (including phenoxy) is 1. The van der Waals surface area contributed by atoms with Crippen LogP contribution < -0.4 is 0 Å². The Morgan fingerprint density at radius 1 is 1.14 bits per heavy atom. The number of aromatic nitrogens is 2. The molecule has 0 unspecified atom stereocenters. The molecule has 6 heteroatoms. The minimum atomic E-state index is -0.552. The third-order valence-corrected chi connectivity index (χ3v) is 4.41. The summed E-state index contributed by atoms with van der Waals surface area (Å²) in [6.07, 6.45) is 6.56. The first kappa shape index (κ1) is 20.2. The Labute approximate surface area is 174 Å². The maximum atomic E-state index is 12.1. The van der Waals surface area contributed by atoms with Gasteiger partial charge in [0, 0.05) is 39.6 Å². The van der Waals surface area contributed by atoms with Crippen LogP contribution in [0, 0.1) is 0 Å². The quantitative estimate of drug-likeness (QED) is 0.396. The van der Waals surface area contributed by atoms with E-state index in [0.29, 0.717) is 15.9 Å². The van der Waals surface area contributed by atoms with Gasteiger partial charge >= 0.3 is 5.97 Å². The van der Waals surface area contributed by atoms with Crippen molar-refractivity contribution in [3.8, 4) is 22.5 Å². The molecule has 0 atom stereocenters. The second-order valence-electron chi connectivity index (χ2n) is 7.20. The summed E-state index contributed by atoms with van der Waals surface area (Å²) in [6, 6.07) is 11.1. The first-order valence-corrected chi connectivity index (χ1v) is 9.49. The maximum Gasteiger partial charge on any atom is 0.331 e. The zero-order chi connectivity index (χ0) is 20.3. The second-order valence-corrected chi connectivity index (χ2v) is 8.04. The van der Waals surface area contributed by atoms with Crippen LogP contribution in [-0.4, -0.2) is 21.5 Å². The Hall–Kier alpha value is -2.56. The molecule has 0 aliphatic heterocycles. The number of H-pyrrole nitrogens is 1. The fourth-order valence-corrected chi connectivity index (χ4v) is 3.31. The molecule has 1 aromatic heterocycles.